The Morgan fingerprint density at radius 1 is 1.44 bits per heavy atom. The highest BCUT2D eigenvalue weighted by Gasteiger charge is 2.27. The van der Waals surface area contributed by atoms with Crippen LogP contribution in [0.5, 0.6) is 5.88 Å². The van der Waals surface area contributed by atoms with Crippen molar-refractivity contribution in [3.05, 3.63) is 18.3 Å². The fourth-order valence-electron chi connectivity index (χ4n) is 1.93. The van der Waals surface area contributed by atoms with E-state index in [-0.39, 0.29) is 11.9 Å². The Morgan fingerprint density at radius 3 is 2.72 bits per heavy atom. The van der Waals surface area contributed by atoms with Crippen molar-refractivity contribution in [2.45, 2.75) is 25.9 Å². The Kier molecular flexibility index (Phi) is 4.13. The van der Waals surface area contributed by atoms with Gasteiger partial charge >= 0.3 is 0 Å². The van der Waals surface area contributed by atoms with E-state index in [1.807, 2.05) is 0 Å². The Labute approximate surface area is 107 Å². The van der Waals surface area contributed by atoms with Crippen molar-refractivity contribution in [3.8, 4) is 5.88 Å². The van der Waals surface area contributed by atoms with Gasteiger partial charge in [-0.3, -0.25) is 0 Å². The van der Waals surface area contributed by atoms with Crippen LogP contribution in [0.25, 0.3) is 0 Å². The molecule has 1 aliphatic heterocycles. The van der Waals surface area contributed by atoms with Crippen molar-refractivity contribution >= 4 is 10.0 Å². The van der Waals surface area contributed by atoms with E-state index in [0.29, 0.717) is 31.8 Å². The van der Waals surface area contributed by atoms with E-state index in [4.69, 9.17) is 4.74 Å². The van der Waals surface area contributed by atoms with E-state index >= 15 is 0 Å². The van der Waals surface area contributed by atoms with Gasteiger partial charge in [0.15, 0.2) is 0 Å². The summed E-state index contributed by atoms with van der Waals surface area (Å²) >= 11 is 0. The molecule has 0 bridgehead atoms. The number of piperidine rings is 1. The van der Waals surface area contributed by atoms with Gasteiger partial charge in [0.2, 0.25) is 15.9 Å². The Morgan fingerprint density at radius 2 is 2.17 bits per heavy atom. The Hall–Kier alpha value is -1.21. The van der Waals surface area contributed by atoms with E-state index < -0.39 is 10.0 Å². The fraction of sp³-hybridized carbons (Fsp3) is 0.636. The average molecular weight is 271 g/mol. The summed E-state index contributed by atoms with van der Waals surface area (Å²) in [5, 5.41) is 7.59. The summed E-state index contributed by atoms with van der Waals surface area (Å²) in [7, 11) is -3.07. The average Bonchev–Trinajstić information content (AvgIpc) is 2.40. The molecule has 0 amide bonds. The van der Waals surface area contributed by atoms with Crippen LogP contribution in [0.15, 0.2) is 18.3 Å². The number of hydrogen-bond donors (Lipinski definition) is 0. The molecule has 1 fully saturated rings. The number of hydrogen-bond acceptors (Lipinski definition) is 5. The van der Waals surface area contributed by atoms with E-state index in [0.717, 1.165) is 0 Å². The molecule has 1 saturated heterocycles. The molecule has 0 spiro atoms. The van der Waals surface area contributed by atoms with E-state index in [1.165, 1.54) is 4.31 Å². The normalized spacial score (nSPS) is 18.7. The topological polar surface area (TPSA) is 72.4 Å². The minimum atomic E-state index is -3.07. The number of ether oxygens (including phenoxy) is 1. The third kappa shape index (κ3) is 3.17. The van der Waals surface area contributed by atoms with Crippen molar-refractivity contribution in [3.63, 3.8) is 0 Å². The molecule has 1 aliphatic rings. The second-order valence-corrected chi connectivity index (χ2v) is 6.44. The molecule has 7 heteroatoms. The molecule has 6 nitrogen and oxygen atoms in total. The number of rotatable bonds is 4. The standard InChI is InChI=1S/C11H17N3O3S/c1-2-18(15,16)14-8-5-10(6-9-14)17-11-4-3-7-12-13-11/h3-4,7,10H,2,5-6,8-9H2,1H3. The third-order valence-electron chi connectivity index (χ3n) is 2.99. The first kappa shape index (κ1) is 13.2. The van der Waals surface area contributed by atoms with Gasteiger partial charge in [-0.15, -0.1) is 5.10 Å². The van der Waals surface area contributed by atoms with Crippen molar-refractivity contribution in [1.82, 2.24) is 14.5 Å². The molecule has 100 valence electrons. The van der Waals surface area contributed by atoms with Gasteiger partial charge in [0.05, 0.1) is 5.75 Å². The number of nitrogens with zero attached hydrogens (tertiary/aromatic N) is 3. The zero-order valence-electron chi connectivity index (χ0n) is 10.3. The van der Waals surface area contributed by atoms with Crippen LogP contribution in [0.1, 0.15) is 19.8 Å². The van der Waals surface area contributed by atoms with Crippen molar-refractivity contribution in [1.29, 1.82) is 0 Å². The lowest BCUT2D eigenvalue weighted by atomic mass is 10.1. The first-order chi connectivity index (χ1) is 8.62. The molecule has 2 heterocycles. The van der Waals surface area contributed by atoms with Gasteiger partial charge in [-0.05, 0) is 25.8 Å². The summed E-state index contributed by atoms with van der Waals surface area (Å²) in [6.45, 7) is 2.69. The molecule has 0 aromatic carbocycles. The van der Waals surface area contributed by atoms with Crippen molar-refractivity contribution in [2.24, 2.45) is 0 Å². The predicted molar refractivity (Wildman–Crippen MR) is 66.7 cm³/mol. The molecule has 0 N–H and O–H groups in total. The van der Waals surface area contributed by atoms with Crippen LogP contribution in [0.4, 0.5) is 0 Å². The molecule has 0 saturated carbocycles. The molecule has 0 radical (unpaired) electrons. The molecule has 2 rings (SSSR count). The van der Waals surface area contributed by atoms with Crippen LogP contribution >= 0.6 is 0 Å². The summed E-state index contributed by atoms with van der Waals surface area (Å²) in [6, 6.07) is 3.52. The predicted octanol–water partition coefficient (Wildman–Crippen LogP) is 0.669. The zero-order chi connectivity index (χ0) is 13.0. The van der Waals surface area contributed by atoms with E-state index in [2.05, 4.69) is 10.2 Å². The molecule has 0 aliphatic carbocycles. The zero-order valence-corrected chi connectivity index (χ0v) is 11.1. The maximum absolute atomic E-state index is 11.7. The molecule has 0 atom stereocenters. The lowest BCUT2D eigenvalue weighted by Crippen LogP contribution is -2.42. The second kappa shape index (κ2) is 5.62. The van der Waals surface area contributed by atoms with Gasteiger partial charge in [0.25, 0.3) is 0 Å². The van der Waals surface area contributed by atoms with Gasteiger partial charge in [-0.25, -0.2) is 12.7 Å². The molecule has 18 heavy (non-hydrogen) atoms. The van der Waals surface area contributed by atoms with Gasteiger partial charge < -0.3 is 4.74 Å². The van der Waals surface area contributed by atoms with E-state index in [1.54, 1.807) is 25.3 Å². The van der Waals surface area contributed by atoms with Gasteiger partial charge in [0, 0.05) is 25.4 Å². The Balaban J connectivity index is 1.88. The molecular formula is C11H17N3O3S. The van der Waals surface area contributed by atoms with Gasteiger partial charge in [-0.1, -0.05) is 0 Å². The molecule has 1 aromatic rings. The Bertz CT molecular complexity index is 470. The van der Waals surface area contributed by atoms with Crippen molar-refractivity contribution < 1.29 is 13.2 Å². The highest BCUT2D eigenvalue weighted by molar-refractivity contribution is 7.89. The summed E-state index contributed by atoms with van der Waals surface area (Å²) in [5.74, 6) is 0.650. The first-order valence-corrected chi connectivity index (χ1v) is 7.65. The molecular weight excluding hydrogens is 254 g/mol. The van der Waals surface area contributed by atoms with Crippen LogP contribution in [0.3, 0.4) is 0 Å². The van der Waals surface area contributed by atoms with Gasteiger partial charge in [-0.2, -0.15) is 5.10 Å². The summed E-state index contributed by atoms with van der Waals surface area (Å²) < 4.78 is 30.6. The minimum absolute atomic E-state index is 0.0185. The highest BCUT2D eigenvalue weighted by atomic mass is 32.2. The van der Waals surface area contributed by atoms with Crippen molar-refractivity contribution in [2.75, 3.05) is 18.8 Å². The van der Waals surface area contributed by atoms with Gasteiger partial charge in [0.1, 0.15) is 6.10 Å². The summed E-state index contributed by atoms with van der Waals surface area (Å²) in [6.07, 6.45) is 2.99. The molecule has 1 aromatic heterocycles. The van der Waals surface area contributed by atoms with Crippen LogP contribution < -0.4 is 4.74 Å². The van der Waals surface area contributed by atoms with Crippen LogP contribution in [0.2, 0.25) is 0 Å². The van der Waals surface area contributed by atoms with E-state index in [9.17, 15) is 8.42 Å². The smallest absolute Gasteiger partial charge is 0.233 e. The first-order valence-electron chi connectivity index (χ1n) is 6.04. The van der Waals surface area contributed by atoms with Crippen LogP contribution in [-0.4, -0.2) is 47.9 Å². The number of aromatic nitrogens is 2. The maximum Gasteiger partial charge on any atom is 0.233 e. The highest BCUT2D eigenvalue weighted by Crippen LogP contribution is 2.18. The SMILES string of the molecule is CCS(=O)(=O)N1CCC(Oc2cccnn2)CC1. The molecule has 0 unspecified atom stereocenters. The summed E-state index contributed by atoms with van der Waals surface area (Å²) in [4.78, 5) is 0. The summed E-state index contributed by atoms with van der Waals surface area (Å²) in [5.41, 5.74) is 0. The van der Waals surface area contributed by atoms with Crippen LogP contribution in [0, 0.1) is 0 Å². The lowest BCUT2D eigenvalue weighted by molar-refractivity contribution is 0.128. The monoisotopic (exact) mass is 271 g/mol. The quantitative estimate of drug-likeness (QED) is 0.804. The maximum atomic E-state index is 11.7. The minimum Gasteiger partial charge on any atom is -0.473 e. The fourth-order valence-corrected chi connectivity index (χ4v) is 3.06. The third-order valence-corrected chi connectivity index (χ3v) is 4.88. The largest absolute Gasteiger partial charge is 0.473 e. The lowest BCUT2D eigenvalue weighted by Gasteiger charge is -2.30. The van der Waals surface area contributed by atoms with Crippen LogP contribution in [-0.2, 0) is 10.0 Å². The number of sulfonamides is 1. The second-order valence-electron chi connectivity index (χ2n) is 4.18.